The lowest BCUT2D eigenvalue weighted by Gasteiger charge is -2.11. The highest BCUT2D eigenvalue weighted by Gasteiger charge is 2.23. The maximum Gasteiger partial charge on any atom is 0.0622 e. The molecule has 3 nitrogen and oxygen atoms in total. The third-order valence-corrected chi connectivity index (χ3v) is 11.1. The molecule has 0 atom stereocenters. The van der Waals surface area contributed by atoms with Crippen LogP contribution in [0.5, 0.6) is 0 Å². The van der Waals surface area contributed by atoms with E-state index in [9.17, 15) is 0 Å². The molecule has 4 heterocycles. The second kappa shape index (κ2) is 9.87. The molecule has 12 rings (SSSR count). The highest BCUT2D eigenvalue weighted by molar-refractivity contribution is 6.29. The van der Waals surface area contributed by atoms with E-state index in [-0.39, 0.29) is 0 Å². The van der Waals surface area contributed by atoms with Crippen LogP contribution < -0.4 is 0 Å². The van der Waals surface area contributed by atoms with Crippen molar-refractivity contribution < 1.29 is 0 Å². The largest absolute Gasteiger partial charge is 0.309 e. The molecule has 3 heteroatoms. The molecule has 0 N–H and O–H groups in total. The van der Waals surface area contributed by atoms with Crippen molar-refractivity contribution >= 4 is 81.7 Å². The smallest absolute Gasteiger partial charge is 0.0622 e. The lowest BCUT2D eigenvalue weighted by molar-refractivity contribution is 1.18. The Balaban J connectivity index is 1.20. The zero-order valence-corrected chi connectivity index (χ0v) is 27.6. The summed E-state index contributed by atoms with van der Waals surface area (Å²) in [5, 5.41) is 10.2. The standard InChI is InChI=1S/C48H29N3/c1-2-13-30(14-3-1)31-15-12-16-32(27-31)49-42-23-10-6-19-36(42)46-44(49)25-26-45-47(46)37-20-7-11-24-43(37)50(45)33-28-38-34-17-4-8-21-40(34)51-41-22-9-5-18-35(41)39(29-33)48(38)51/h1-29H. The molecule has 4 aromatic heterocycles. The Morgan fingerprint density at radius 3 is 1.33 bits per heavy atom. The summed E-state index contributed by atoms with van der Waals surface area (Å²) in [4.78, 5) is 0. The maximum atomic E-state index is 2.50. The molecule has 0 spiro atoms. The summed E-state index contributed by atoms with van der Waals surface area (Å²) in [6, 6.07) is 64.6. The van der Waals surface area contributed by atoms with E-state index in [1.165, 1.54) is 98.5 Å². The molecule has 0 fully saturated rings. The van der Waals surface area contributed by atoms with E-state index in [1.807, 2.05) is 0 Å². The molecule has 0 bridgehead atoms. The van der Waals surface area contributed by atoms with Gasteiger partial charge in [0.15, 0.2) is 0 Å². The molecule has 0 aliphatic heterocycles. The second-order valence-electron chi connectivity index (χ2n) is 13.7. The molecule has 0 amide bonds. The van der Waals surface area contributed by atoms with Crippen LogP contribution in [0.25, 0.3) is 104 Å². The van der Waals surface area contributed by atoms with Crippen molar-refractivity contribution in [3.05, 3.63) is 176 Å². The normalized spacial score (nSPS) is 12.3. The number of aromatic nitrogens is 3. The summed E-state index contributed by atoms with van der Waals surface area (Å²) in [7, 11) is 0. The quantitative estimate of drug-likeness (QED) is 0.181. The third-order valence-electron chi connectivity index (χ3n) is 11.1. The molecule has 51 heavy (non-hydrogen) atoms. The molecule has 0 saturated carbocycles. The van der Waals surface area contributed by atoms with E-state index >= 15 is 0 Å². The van der Waals surface area contributed by atoms with Crippen molar-refractivity contribution in [1.82, 2.24) is 13.5 Å². The Hall–Kier alpha value is -6.84. The van der Waals surface area contributed by atoms with Crippen LogP contribution in [0.3, 0.4) is 0 Å². The van der Waals surface area contributed by atoms with E-state index < -0.39 is 0 Å². The predicted octanol–water partition coefficient (Wildman–Crippen LogP) is 12.7. The first kappa shape index (κ1) is 27.0. The molecule has 236 valence electrons. The van der Waals surface area contributed by atoms with Gasteiger partial charge in [-0.3, -0.25) is 0 Å². The van der Waals surface area contributed by atoms with Crippen molar-refractivity contribution in [2.24, 2.45) is 0 Å². The number of benzene rings is 8. The molecule has 0 radical (unpaired) electrons. The second-order valence-corrected chi connectivity index (χ2v) is 13.7. The fraction of sp³-hybridized carbons (Fsp3) is 0. The molecular weight excluding hydrogens is 619 g/mol. The van der Waals surface area contributed by atoms with Crippen LogP contribution in [-0.4, -0.2) is 13.5 Å². The number of nitrogens with zero attached hydrogens (tertiary/aromatic N) is 3. The van der Waals surface area contributed by atoms with E-state index in [2.05, 4.69) is 189 Å². The van der Waals surface area contributed by atoms with Gasteiger partial charge >= 0.3 is 0 Å². The molecule has 8 aromatic carbocycles. The first-order valence-corrected chi connectivity index (χ1v) is 17.6. The van der Waals surface area contributed by atoms with Gasteiger partial charge in [-0.05, 0) is 71.8 Å². The van der Waals surface area contributed by atoms with Crippen molar-refractivity contribution in [2.75, 3.05) is 0 Å². The minimum Gasteiger partial charge on any atom is -0.309 e. The van der Waals surface area contributed by atoms with Crippen molar-refractivity contribution in [2.45, 2.75) is 0 Å². The first-order valence-electron chi connectivity index (χ1n) is 17.6. The van der Waals surface area contributed by atoms with Gasteiger partial charge < -0.3 is 13.5 Å². The summed E-state index contributed by atoms with van der Waals surface area (Å²) < 4.78 is 7.40. The van der Waals surface area contributed by atoms with Gasteiger partial charge in [0.25, 0.3) is 0 Å². The van der Waals surface area contributed by atoms with E-state index in [0.717, 1.165) is 5.69 Å². The van der Waals surface area contributed by atoms with Crippen LogP contribution in [0.2, 0.25) is 0 Å². The molecule has 0 unspecified atom stereocenters. The van der Waals surface area contributed by atoms with E-state index in [4.69, 9.17) is 0 Å². The minimum absolute atomic E-state index is 1.16. The molecule has 0 aliphatic carbocycles. The van der Waals surface area contributed by atoms with Crippen LogP contribution in [-0.2, 0) is 0 Å². The van der Waals surface area contributed by atoms with Gasteiger partial charge in [-0.15, -0.1) is 0 Å². The lowest BCUT2D eigenvalue weighted by atomic mass is 10.0. The van der Waals surface area contributed by atoms with Crippen LogP contribution in [0.1, 0.15) is 0 Å². The highest BCUT2D eigenvalue weighted by atomic mass is 15.0. The van der Waals surface area contributed by atoms with Gasteiger partial charge in [0, 0.05) is 54.5 Å². The Kier molecular flexibility index (Phi) is 5.23. The first-order chi connectivity index (χ1) is 25.3. The maximum absolute atomic E-state index is 2.50. The van der Waals surface area contributed by atoms with Gasteiger partial charge in [0.1, 0.15) is 0 Å². The number of hydrogen-bond acceptors (Lipinski definition) is 0. The van der Waals surface area contributed by atoms with Crippen LogP contribution in [0, 0.1) is 0 Å². The number of fused-ring (bicyclic) bond motifs is 13. The monoisotopic (exact) mass is 647 g/mol. The molecule has 0 aliphatic rings. The van der Waals surface area contributed by atoms with Gasteiger partial charge in [0.05, 0.1) is 38.6 Å². The van der Waals surface area contributed by atoms with Crippen LogP contribution >= 0.6 is 0 Å². The Morgan fingerprint density at radius 2 is 0.745 bits per heavy atom. The van der Waals surface area contributed by atoms with Crippen LogP contribution in [0.4, 0.5) is 0 Å². The Bertz CT molecular complexity index is 3270. The topological polar surface area (TPSA) is 14.3 Å². The summed E-state index contributed by atoms with van der Waals surface area (Å²) in [5.74, 6) is 0. The molecule has 12 aromatic rings. The Morgan fingerprint density at radius 1 is 0.275 bits per heavy atom. The fourth-order valence-electron chi connectivity index (χ4n) is 9.09. The van der Waals surface area contributed by atoms with Gasteiger partial charge in [0.2, 0.25) is 0 Å². The summed E-state index contributed by atoms with van der Waals surface area (Å²) >= 11 is 0. The lowest BCUT2D eigenvalue weighted by Crippen LogP contribution is -1.95. The predicted molar refractivity (Wildman–Crippen MR) is 215 cm³/mol. The van der Waals surface area contributed by atoms with Gasteiger partial charge in [-0.2, -0.15) is 0 Å². The average molecular weight is 648 g/mol. The van der Waals surface area contributed by atoms with Gasteiger partial charge in [-0.25, -0.2) is 0 Å². The zero-order chi connectivity index (χ0) is 33.2. The summed E-state index contributed by atoms with van der Waals surface area (Å²) in [6.07, 6.45) is 0. The zero-order valence-electron chi connectivity index (χ0n) is 27.6. The highest BCUT2D eigenvalue weighted by Crippen LogP contribution is 2.45. The van der Waals surface area contributed by atoms with Crippen LogP contribution in [0.15, 0.2) is 176 Å². The third kappa shape index (κ3) is 3.52. The molecule has 0 saturated heterocycles. The van der Waals surface area contributed by atoms with E-state index in [1.54, 1.807) is 0 Å². The van der Waals surface area contributed by atoms with Crippen molar-refractivity contribution in [3.63, 3.8) is 0 Å². The molecular formula is C48H29N3. The number of para-hydroxylation sites is 4. The number of hydrogen-bond donors (Lipinski definition) is 0. The average Bonchev–Trinajstić information content (AvgIpc) is 3.92. The van der Waals surface area contributed by atoms with Crippen molar-refractivity contribution in [3.8, 4) is 22.5 Å². The summed E-state index contributed by atoms with van der Waals surface area (Å²) in [5.41, 5.74) is 13.4. The van der Waals surface area contributed by atoms with Gasteiger partial charge in [-0.1, -0.05) is 115 Å². The van der Waals surface area contributed by atoms with Crippen molar-refractivity contribution in [1.29, 1.82) is 0 Å². The fourth-order valence-corrected chi connectivity index (χ4v) is 9.09. The van der Waals surface area contributed by atoms with E-state index in [0.29, 0.717) is 0 Å². The SMILES string of the molecule is c1ccc(-c2cccc(-n3c4ccccc4c4c5c6ccccc6n(-c6cc7c8ccccc8n8c9ccccc9c(c6)c78)c5ccc43)c2)cc1. The minimum atomic E-state index is 1.16. The Labute approximate surface area is 292 Å². The summed E-state index contributed by atoms with van der Waals surface area (Å²) in [6.45, 7) is 0. The number of rotatable bonds is 3.